The van der Waals surface area contributed by atoms with Crippen LogP contribution in [0.1, 0.15) is 38.7 Å². The summed E-state index contributed by atoms with van der Waals surface area (Å²) < 4.78 is 75.8. The average Bonchev–Trinajstić information content (AvgIpc) is 4.03. The second kappa shape index (κ2) is 18.0. The molecule has 0 spiro atoms. The minimum Gasteiger partial charge on any atom is -0.453 e. The zero-order chi connectivity index (χ0) is 46.4. The lowest BCUT2D eigenvalue weighted by Gasteiger charge is -2.22. The van der Waals surface area contributed by atoms with Crippen molar-refractivity contribution in [2.45, 2.75) is 49.1 Å². The molecule has 6 heterocycles. The summed E-state index contributed by atoms with van der Waals surface area (Å²) in [6.45, 7) is -2.20. The molecular weight excluding hydrogens is 929 g/mol. The molecule has 0 aliphatic carbocycles. The van der Waals surface area contributed by atoms with Crippen molar-refractivity contribution in [2.75, 3.05) is 24.7 Å². The number of nitrogens with zero attached hydrogens (tertiary/aromatic N) is 8. The third kappa shape index (κ3) is 9.73. The number of imidazole rings is 2. The van der Waals surface area contributed by atoms with Crippen LogP contribution in [0.2, 0.25) is 0 Å². The molecule has 4 aromatic heterocycles. The summed E-state index contributed by atoms with van der Waals surface area (Å²) in [5, 5.41) is 32.7. The number of phosphoric ester groups is 2. The summed E-state index contributed by atoms with van der Waals surface area (Å²) in [5.74, 6) is -1.43. The Morgan fingerprint density at radius 1 is 0.615 bits per heavy atom. The van der Waals surface area contributed by atoms with Gasteiger partial charge in [0.25, 0.3) is 0 Å². The van der Waals surface area contributed by atoms with Crippen molar-refractivity contribution in [1.82, 2.24) is 39.0 Å². The number of ketones is 1. The lowest BCUT2D eigenvalue weighted by Crippen LogP contribution is -2.38. The normalized spacial score (nSPS) is 26.1. The smallest absolute Gasteiger partial charge is 0.453 e. The number of phosphoric acid groups is 3. The molecule has 8 rings (SSSR count). The minimum atomic E-state index is -6.08. The number of esters is 1. The third-order valence-electron chi connectivity index (χ3n) is 9.85. The lowest BCUT2D eigenvalue weighted by atomic mass is 10.0. The van der Waals surface area contributed by atoms with Gasteiger partial charge in [-0.2, -0.15) is 8.62 Å². The fourth-order valence-corrected chi connectivity index (χ4v) is 10.3. The molecule has 344 valence electrons. The van der Waals surface area contributed by atoms with Crippen LogP contribution in [0.25, 0.3) is 22.3 Å². The van der Waals surface area contributed by atoms with Gasteiger partial charge in [-0.1, -0.05) is 42.5 Å². The van der Waals surface area contributed by atoms with Gasteiger partial charge in [-0.15, -0.1) is 0 Å². The maximum Gasteiger partial charge on any atom is 0.490 e. The number of carbonyl (C=O) groups is 2. The quantitative estimate of drug-likeness (QED) is 0.0372. The second-order valence-corrected chi connectivity index (χ2v) is 18.7. The van der Waals surface area contributed by atoms with E-state index in [0.29, 0.717) is 5.56 Å². The number of hydrogen-bond acceptors (Lipinski definition) is 23. The van der Waals surface area contributed by atoms with Crippen LogP contribution in [-0.2, 0) is 45.6 Å². The van der Waals surface area contributed by atoms with Crippen LogP contribution in [0.15, 0.2) is 79.9 Å². The van der Waals surface area contributed by atoms with E-state index in [1.807, 2.05) is 0 Å². The van der Waals surface area contributed by atoms with Crippen LogP contribution >= 0.6 is 23.5 Å². The molecule has 3 unspecified atom stereocenters. The van der Waals surface area contributed by atoms with Crippen LogP contribution in [0, 0.1) is 0 Å². The van der Waals surface area contributed by atoms with Gasteiger partial charge in [-0.3, -0.25) is 23.0 Å². The third-order valence-corrected chi connectivity index (χ3v) is 14.1. The molecule has 31 heteroatoms. The molecule has 10 N–H and O–H groups in total. The number of benzene rings is 2. The maximum atomic E-state index is 13.4. The zero-order valence-corrected chi connectivity index (χ0v) is 35.4. The lowest BCUT2D eigenvalue weighted by molar-refractivity contribution is -0.0523. The number of fused-ring (bicyclic) bond motifs is 2. The Hall–Kier alpha value is -5.51. The van der Waals surface area contributed by atoms with Crippen molar-refractivity contribution in [1.29, 1.82) is 0 Å². The van der Waals surface area contributed by atoms with E-state index in [-0.39, 0.29) is 50.9 Å². The molecule has 2 aromatic carbocycles. The van der Waals surface area contributed by atoms with Crippen LogP contribution in [-0.4, -0.2) is 131 Å². The highest BCUT2D eigenvalue weighted by Crippen LogP contribution is 2.68. The summed E-state index contributed by atoms with van der Waals surface area (Å²) in [4.78, 5) is 81.1. The molecule has 11 atom stereocenters. The van der Waals surface area contributed by atoms with Gasteiger partial charge < -0.3 is 55.7 Å². The standard InChI is InChI=1S/C34H35N10O18P3/c35-28-21-30(39-12-37-28)43(14-41-21)32-25(47)24(46)19(58-32)10-56-63(50,51)61-65(54,55)62-64(52,53)57-11-20-27(26(48)33(59-20)44-15-42-22-29(36)38-13-40-31(22)44)60-34(49)18-8-6-17(7-9-18)23(45)16-4-2-1-3-5-16/h1-9,12-15,19-20,24-27,32-33,46-48H,10-11H2,(H,50,51)(H,52,53)(H,54,55)(H2,35,37,39)(H2,36,38,40)/t19-,20-,24-,25-,26-,27-,32-,33-/m1/s1. The van der Waals surface area contributed by atoms with Gasteiger partial charge in [-0.05, 0) is 12.1 Å². The number of hydrogen-bond donors (Lipinski definition) is 8. The minimum absolute atomic E-state index is 0.00207. The number of rotatable bonds is 16. The highest BCUT2D eigenvalue weighted by Gasteiger charge is 2.51. The molecule has 0 bridgehead atoms. The molecular formula is C34H35N10O18P3. The van der Waals surface area contributed by atoms with Gasteiger partial charge in [0.2, 0.25) is 0 Å². The number of nitrogens with two attached hydrogens (primary N) is 2. The van der Waals surface area contributed by atoms with E-state index in [2.05, 4.69) is 43.0 Å². The monoisotopic (exact) mass is 964 g/mol. The van der Waals surface area contributed by atoms with Crippen molar-refractivity contribution < 1.29 is 85.2 Å². The molecule has 2 aliphatic rings. The zero-order valence-electron chi connectivity index (χ0n) is 32.7. The van der Waals surface area contributed by atoms with Gasteiger partial charge in [-0.25, -0.2) is 48.4 Å². The highest BCUT2D eigenvalue weighted by molar-refractivity contribution is 7.66. The molecule has 2 aliphatic heterocycles. The van der Waals surface area contributed by atoms with Crippen molar-refractivity contribution in [3.8, 4) is 0 Å². The molecule has 0 saturated carbocycles. The van der Waals surface area contributed by atoms with Crippen LogP contribution in [0.5, 0.6) is 0 Å². The van der Waals surface area contributed by atoms with Crippen molar-refractivity contribution in [3.63, 3.8) is 0 Å². The van der Waals surface area contributed by atoms with Gasteiger partial charge >= 0.3 is 29.4 Å². The Morgan fingerprint density at radius 3 is 1.65 bits per heavy atom. The van der Waals surface area contributed by atoms with Gasteiger partial charge in [0, 0.05) is 11.1 Å². The Labute approximate surface area is 363 Å². The van der Waals surface area contributed by atoms with Crippen LogP contribution in [0.4, 0.5) is 11.6 Å². The number of aliphatic hydroxyl groups is 3. The first-order valence-corrected chi connectivity index (χ1v) is 23.1. The maximum absolute atomic E-state index is 13.4. The SMILES string of the molecule is Nc1ncnc2c1ncn2[C@@H]1O[C@H](COP(=O)(O)OP(=O)(O)OP(=O)(O)OC[C@H]2O[C@@H](n3cnc4c(N)ncnc43)[C@H](O)[C@@H]2OC(=O)c2ccc(C(=O)c3ccccc3)cc2)[C@@H](O)[C@H]1O. The van der Waals surface area contributed by atoms with Crippen molar-refractivity contribution >= 4 is 69.2 Å². The number of aliphatic hydroxyl groups excluding tert-OH is 3. The van der Waals surface area contributed by atoms with E-state index >= 15 is 0 Å². The van der Waals surface area contributed by atoms with Crippen LogP contribution < -0.4 is 11.5 Å². The van der Waals surface area contributed by atoms with E-state index in [0.717, 1.165) is 19.0 Å². The van der Waals surface area contributed by atoms with E-state index < -0.39 is 91.7 Å². The van der Waals surface area contributed by atoms with Gasteiger partial charge in [0.05, 0.1) is 31.4 Å². The topological polar surface area (TPSA) is 411 Å². The summed E-state index contributed by atoms with van der Waals surface area (Å²) in [5.41, 5.74) is 12.6. The molecule has 0 radical (unpaired) electrons. The Kier molecular flexibility index (Phi) is 12.8. The molecule has 2 fully saturated rings. The van der Waals surface area contributed by atoms with E-state index in [1.165, 1.54) is 39.7 Å². The van der Waals surface area contributed by atoms with Gasteiger partial charge in [0.1, 0.15) is 54.2 Å². The van der Waals surface area contributed by atoms with Crippen molar-refractivity contribution in [2.24, 2.45) is 0 Å². The molecule has 6 aromatic rings. The van der Waals surface area contributed by atoms with E-state index in [1.54, 1.807) is 30.3 Å². The molecule has 65 heavy (non-hydrogen) atoms. The predicted molar refractivity (Wildman–Crippen MR) is 214 cm³/mol. The summed E-state index contributed by atoms with van der Waals surface area (Å²) in [7, 11) is -17.6. The largest absolute Gasteiger partial charge is 0.490 e. The first-order valence-electron chi connectivity index (χ1n) is 18.6. The first kappa shape index (κ1) is 46.0. The summed E-state index contributed by atoms with van der Waals surface area (Å²) in [6.07, 6.45) is -8.62. The molecule has 28 nitrogen and oxygen atoms in total. The Balaban J connectivity index is 0.921. The van der Waals surface area contributed by atoms with E-state index in [9.17, 15) is 53.3 Å². The number of aromatic nitrogens is 8. The summed E-state index contributed by atoms with van der Waals surface area (Å²) in [6, 6.07) is 13.6. The number of ether oxygens (including phenoxy) is 3. The highest BCUT2D eigenvalue weighted by atomic mass is 31.3. The fraction of sp³-hybridized carbons (Fsp3) is 0.294. The number of carbonyl (C=O) groups excluding carboxylic acids is 2. The number of anilines is 2. The van der Waals surface area contributed by atoms with Crippen molar-refractivity contribution in [3.05, 3.63) is 96.6 Å². The number of nitrogen functional groups attached to an aromatic ring is 2. The van der Waals surface area contributed by atoms with E-state index in [4.69, 9.17) is 30.2 Å². The second-order valence-electron chi connectivity index (χ2n) is 14.1. The Bertz CT molecular complexity index is 2890. The molecule has 0 amide bonds. The predicted octanol–water partition coefficient (Wildman–Crippen LogP) is 0.532. The molecule has 2 saturated heterocycles. The van der Waals surface area contributed by atoms with Gasteiger partial charge in [0.15, 0.2) is 47.3 Å². The summed E-state index contributed by atoms with van der Waals surface area (Å²) >= 11 is 0. The fourth-order valence-electron chi connectivity index (χ4n) is 6.80. The van der Waals surface area contributed by atoms with Crippen LogP contribution in [0.3, 0.4) is 0 Å². The first-order chi connectivity index (χ1) is 30.8. The average molecular weight is 965 g/mol. The Morgan fingerprint density at radius 2 is 1.09 bits per heavy atom.